The molecule has 1 saturated heterocycles. The SMILES string of the molecule is Cl.O=C(O)[C@@H]1CCCN1CCCS(=O)(=O)c1ccc(F)cc1. The molecule has 0 spiro atoms. The number of carboxylic acids is 1. The van der Waals surface area contributed by atoms with Gasteiger partial charge in [0.15, 0.2) is 9.84 Å². The molecule has 8 heteroatoms. The molecule has 1 aromatic rings. The Morgan fingerprint density at radius 1 is 1.32 bits per heavy atom. The van der Waals surface area contributed by atoms with E-state index in [1.807, 2.05) is 4.90 Å². The number of hydrogen-bond donors (Lipinski definition) is 1. The highest BCUT2D eigenvalue weighted by Crippen LogP contribution is 2.18. The summed E-state index contributed by atoms with van der Waals surface area (Å²) >= 11 is 0. The van der Waals surface area contributed by atoms with Gasteiger partial charge in [0.2, 0.25) is 0 Å². The summed E-state index contributed by atoms with van der Waals surface area (Å²) in [4.78, 5) is 12.9. The number of halogens is 2. The van der Waals surface area contributed by atoms with Gasteiger partial charge in [0, 0.05) is 0 Å². The van der Waals surface area contributed by atoms with Crippen LogP contribution in [0.5, 0.6) is 0 Å². The summed E-state index contributed by atoms with van der Waals surface area (Å²) in [5.41, 5.74) is 0. The Balaban J connectivity index is 0.00000242. The number of nitrogens with zero attached hydrogens (tertiary/aromatic N) is 1. The Bertz CT molecular complexity index is 606. The van der Waals surface area contributed by atoms with Crippen molar-refractivity contribution in [1.82, 2.24) is 4.90 Å². The third-order valence-electron chi connectivity index (χ3n) is 3.68. The van der Waals surface area contributed by atoms with Crippen LogP contribution in [0, 0.1) is 5.82 Å². The first-order chi connectivity index (χ1) is 9.90. The summed E-state index contributed by atoms with van der Waals surface area (Å²) in [5.74, 6) is -1.40. The molecule has 0 amide bonds. The minimum Gasteiger partial charge on any atom is -0.480 e. The van der Waals surface area contributed by atoms with E-state index in [2.05, 4.69) is 0 Å². The van der Waals surface area contributed by atoms with Crippen molar-refractivity contribution in [2.24, 2.45) is 0 Å². The smallest absolute Gasteiger partial charge is 0.320 e. The first kappa shape index (κ1) is 18.9. The van der Waals surface area contributed by atoms with Crippen molar-refractivity contribution in [2.75, 3.05) is 18.8 Å². The number of carbonyl (C=O) groups is 1. The minimum absolute atomic E-state index is 0. The van der Waals surface area contributed by atoms with Crippen LogP contribution in [0.25, 0.3) is 0 Å². The van der Waals surface area contributed by atoms with E-state index in [0.29, 0.717) is 25.9 Å². The predicted molar refractivity (Wildman–Crippen MR) is 82.5 cm³/mol. The van der Waals surface area contributed by atoms with Crippen LogP contribution in [0.15, 0.2) is 29.2 Å². The van der Waals surface area contributed by atoms with Crippen LogP contribution in [-0.4, -0.2) is 49.3 Å². The lowest BCUT2D eigenvalue weighted by Gasteiger charge is -2.20. The van der Waals surface area contributed by atoms with Crippen LogP contribution in [0.2, 0.25) is 0 Å². The summed E-state index contributed by atoms with van der Waals surface area (Å²) in [5, 5.41) is 9.05. The van der Waals surface area contributed by atoms with Gasteiger partial charge in [-0.15, -0.1) is 12.4 Å². The fraction of sp³-hybridized carbons (Fsp3) is 0.500. The standard InChI is InChI=1S/C14H18FNO4S.ClH/c15-11-4-6-12(7-5-11)21(19,20)10-2-9-16-8-1-3-13(16)14(17)18;/h4-7,13H,1-3,8-10H2,(H,17,18);1H/t13-;/m0./s1. The number of benzene rings is 1. The van der Waals surface area contributed by atoms with E-state index in [9.17, 15) is 17.6 Å². The summed E-state index contributed by atoms with van der Waals surface area (Å²) < 4.78 is 36.9. The van der Waals surface area contributed by atoms with Crippen LogP contribution in [0.1, 0.15) is 19.3 Å². The van der Waals surface area contributed by atoms with Crippen molar-refractivity contribution >= 4 is 28.2 Å². The largest absolute Gasteiger partial charge is 0.480 e. The van der Waals surface area contributed by atoms with Crippen molar-refractivity contribution in [3.8, 4) is 0 Å². The van der Waals surface area contributed by atoms with Crippen LogP contribution >= 0.6 is 12.4 Å². The first-order valence-electron chi connectivity index (χ1n) is 6.85. The monoisotopic (exact) mass is 351 g/mol. The van der Waals surface area contributed by atoms with Gasteiger partial charge in [-0.2, -0.15) is 0 Å². The van der Waals surface area contributed by atoms with E-state index in [-0.39, 0.29) is 23.1 Å². The average Bonchev–Trinajstić information content (AvgIpc) is 2.87. The summed E-state index contributed by atoms with van der Waals surface area (Å²) in [6, 6.07) is 4.24. The lowest BCUT2D eigenvalue weighted by atomic mass is 10.2. The molecule has 124 valence electrons. The molecule has 0 radical (unpaired) electrons. The summed E-state index contributed by atoms with van der Waals surface area (Å²) in [7, 11) is -3.45. The third-order valence-corrected chi connectivity index (χ3v) is 5.50. The number of carboxylic acid groups (broad SMARTS) is 1. The van der Waals surface area contributed by atoms with Crippen molar-refractivity contribution in [3.63, 3.8) is 0 Å². The minimum atomic E-state index is -3.45. The highest BCUT2D eigenvalue weighted by molar-refractivity contribution is 7.91. The van der Waals surface area contributed by atoms with Crippen molar-refractivity contribution in [3.05, 3.63) is 30.1 Å². The van der Waals surface area contributed by atoms with E-state index in [1.54, 1.807) is 0 Å². The van der Waals surface area contributed by atoms with E-state index >= 15 is 0 Å². The Hall–Kier alpha value is -1.18. The predicted octanol–water partition coefficient (Wildman–Crippen LogP) is 1.96. The Morgan fingerprint density at radius 3 is 2.55 bits per heavy atom. The van der Waals surface area contributed by atoms with Crippen LogP contribution in [-0.2, 0) is 14.6 Å². The molecule has 0 unspecified atom stereocenters. The highest BCUT2D eigenvalue weighted by atomic mass is 35.5. The van der Waals surface area contributed by atoms with Crippen LogP contribution in [0.3, 0.4) is 0 Å². The lowest BCUT2D eigenvalue weighted by Crippen LogP contribution is -2.37. The number of aliphatic carboxylic acids is 1. The van der Waals surface area contributed by atoms with E-state index in [0.717, 1.165) is 18.6 Å². The molecule has 0 bridgehead atoms. The second-order valence-electron chi connectivity index (χ2n) is 5.16. The Kier molecular flexibility index (Phi) is 6.77. The zero-order valence-corrected chi connectivity index (χ0v) is 13.6. The van der Waals surface area contributed by atoms with Gasteiger partial charge in [-0.3, -0.25) is 9.69 Å². The molecule has 0 aliphatic carbocycles. The van der Waals surface area contributed by atoms with Gasteiger partial charge in [0.05, 0.1) is 10.6 Å². The molecule has 1 fully saturated rings. The van der Waals surface area contributed by atoms with E-state index in [4.69, 9.17) is 5.11 Å². The molecule has 22 heavy (non-hydrogen) atoms. The zero-order chi connectivity index (χ0) is 15.5. The van der Waals surface area contributed by atoms with Gasteiger partial charge in [0.25, 0.3) is 0 Å². The quantitative estimate of drug-likeness (QED) is 0.793. The van der Waals surface area contributed by atoms with E-state index < -0.39 is 27.7 Å². The van der Waals surface area contributed by atoms with Gasteiger partial charge >= 0.3 is 5.97 Å². The molecule has 5 nitrogen and oxygen atoms in total. The molecule has 1 heterocycles. The van der Waals surface area contributed by atoms with Gasteiger partial charge in [0.1, 0.15) is 11.9 Å². The molecular weight excluding hydrogens is 333 g/mol. The van der Waals surface area contributed by atoms with Crippen molar-refractivity contribution in [1.29, 1.82) is 0 Å². The molecule has 1 aliphatic heterocycles. The number of rotatable bonds is 6. The van der Waals surface area contributed by atoms with Gasteiger partial charge in [-0.25, -0.2) is 12.8 Å². The maximum absolute atomic E-state index is 12.8. The Labute approximate surface area is 135 Å². The lowest BCUT2D eigenvalue weighted by molar-refractivity contribution is -0.142. The number of sulfone groups is 1. The van der Waals surface area contributed by atoms with E-state index in [1.165, 1.54) is 12.1 Å². The Morgan fingerprint density at radius 2 is 1.95 bits per heavy atom. The normalized spacial score (nSPS) is 18.9. The van der Waals surface area contributed by atoms with Crippen LogP contribution < -0.4 is 0 Å². The number of hydrogen-bond acceptors (Lipinski definition) is 4. The summed E-state index contributed by atoms with van der Waals surface area (Å²) in [6.07, 6.45) is 1.80. The first-order valence-corrected chi connectivity index (χ1v) is 8.50. The fourth-order valence-electron chi connectivity index (χ4n) is 2.59. The van der Waals surface area contributed by atoms with Crippen LogP contribution in [0.4, 0.5) is 4.39 Å². The molecular formula is C14H19ClFNO4S. The van der Waals surface area contributed by atoms with Gasteiger partial charge in [-0.05, 0) is 56.6 Å². The molecule has 1 N–H and O–H groups in total. The summed E-state index contributed by atoms with van der Waals surface area (Å²) in [6.45, 7) is 1.13. The third kappa shape index (κ3) is 4.66. The second-order valence-corrected chi connectivity index (χ2v) is 7.27. The molecule has 1 aliphatic rings. The molecule has 0 aromatic heterocycles. The second kappa shape index (κ2) is 7.89. The van der Waals surface area contributed by atoms with Crippen molar-refractivity contribution < 1.29 is 22.7 Å². The van der Waals surface area contributed by atoms with Gasteiger partial charge in [-0.1, -0.05) is 0 Å². The fourth-order valence-corrected chi connectivity index (χ4v) is 3.89. The molecule has 1 atom stereocenters. The average molecular weight is 352 g/mol. The zero-order valence-electron chi connectivity index (χ0n) is 11.9. The maximum Gasteiger partial charge on any atom is 0.320 e. The van der Waals surface area contributed by atoms with Crippen molar-refractivity contribution in [2.45, 2.75) is 30.2 Å². The molecule has 2 rings (SSSR count). The maximum atomic E-state index is 12.8. The van der Waals surface area contributed by atoms with Gasteiger partial charge < -0.3 is 5.11 Å². The highest BCUT2D eigenvalue weighted by Gasteiger charge is 2.30. The molecule has 0 saturated carbocycles. The topological polar surface area (TPSA) is 74.7 Å². The molecule has 1 aromatic carbocycles. The number of likely N-dealkylation sites (tertiary alicyclic amines) is 1.